The second-order valence-corrected chi connectivity index (χ2v) is 11.4. The Bertz CT molecular complexity index is 1090. The normalized spacial score (nSPS) is 19.1. The van der Waals surface area contributed by atoms with Gasteiger partial charge in [0.25, 0.3) is 0 Å². The fourth-order valence-corrected chi connectivity index (χ4v) is 6.55. The number of nitrogens with one attached hydrogen (secondary N) is 3. The van der Waals surface area contributed by atoms with Crippen molar-refractivity contribution in [1.82, 2.24) is 10.6 Å². The van der Waals surface area contributed by atoms with Gasteiger partial charge in [0.1, 0.15) is 9.88 Å². The van der Waals surface area contributed by atoms with Crippen LogP contribution in [0.15, 0.2) is 0 Å². The molecule has 7 nitrogen and oxygen atoms in total. The molecule has 0 aromatic carbocycles. The molecule has 0 aliphatic carbocycles. The maximum Gasteiger partial charge on any atom is 0.425 e. The highest BCUT2D eigenvalue weighted by atomic mass is 32.1. The minimum atomic E-state index is -4.53. The van der Waals surface area contributed by atoms with Crippen LogP contribution in [-0.4, -0.2) is 29.9 Å². The van der Waals surface area contributed by atoms with E-state index in [1.54, 1.807) is 20.8 Å². The van der Waals surface area contributed by atoms with Crippen molar-refractivity contribution in [3.63, 3.8) is 0 Å². The number of fused-ring (bicyclic) bond motifs is 2. The number of carbonyl (C=O) groups is 1. The Morgan fingerprint density at radius 1 is 1.26 bits per heavy atom. The zero-order chi connectivity index (χ0) is 25.5. The molecule has 2 aliphatic rings. The third-order valence-corrected chi connectivity index (χ3v) is 8.06. The van der Waals surface area contributed by atoms with Crippen LogP contribution in [0, 0.1) is 0 Å². The van der Waals surface area contributed by atoms with Crippen LogP contribution in [0.3, 0.4) is 0 Å². The first-order chi connectivity index (χ1) is 16.3. The van der Waals surface area contributed by atoms with Crippen molar-refractivity contribution < 1.29 is 36.9 Å². The Balaban J connectivity index is 1.56. The fourth-order valence-electron chi connectivity index (χ4n) is 4.16. The van der Waals surface area contributed by atoms with Crippen molar-refractivity contribution >= 4 is 33.7 Å². The number of hydrogen-bond donors (Lipinski definition) is 4. The van der Waals surface area contributed by atoms with Gasteiger partial charge < -0.3 is 25.2 Å². The van der Waals surface area contributed by atoms with Crippen molar-refractivity contribution in [3.05, 3.63) is 36.9 Å². The first kappa shape index (κ1) is 26.3. The number of rotatable bonds is 5. The number of thiophene rings is 2. The highest BCUT2D eigenvalue weighted by Gasteiger charge is 2.38. The monoisotopic (exact) mass is 537 g/mol. The molecule has 0 spiro atoms. The van der Waals surface area contributed by atoms with Crippen LogP contribution in [0.1, 0.15) is 70.3 Å². The maximum absolute atomic E-state index is 14.4. The Hall–Kier alpha value is -1.77. The van der Waals surface area contributed by atoms with Crippen molar-refractivity contribution in [1.29, 1.82) is 0 Å². The van der Waals surface area contributed by atoms with E-state index in [9.17, 15) is 27.5 Å². The Morgan fingerprint density at radius 3 is 2.69 bits per heavy atom. The van der Waals surface area contributed by atoms with Gasteiger partial charge >= 0.3 is 12.2 Å². The first-order valence-corrected chi connectivity index (χ1v) is 12.7. The Labute approximate surface area is 207 Å². The molecule has 194 valence electrons. The molecule has 4 N–H and O–H groups in total. The summed E-state index contributed by atoms with van der Waals surface area (Å²) in [5.74, 6) is 0. The van der Waals surface area contributed by atoms with Crippen molar-refractivity contribution in [2.75, 3.05) is 18.5 Å². The first-order valence-electron chi connectivity index (χ1n) is 11.1. The number of halogens is 4. The summed E-state index contributed by atoms with van der Waals surface area (Å²) in [5.41, 5.74) is 0.679. The molecule has 35 heavy (non-hydrogen) atoms. The lowest BCUT2D eigenvalue weighted by Gasteiger charge is -2.26. The van der Waals surface area contributed by atoms with E-state index in [4.69, 9.17) is 9.47 Å². The number of ether oxygens (including phenoxy) is 2. The number of aliphatic hydroxyl groups excluding tert-OH is 1. The molecule has 0 saturated heterocycles. The highest BCUT2D eigenvalue weighted by Crippen LogP contribution is 2.45. The zero-order valence-corrected chi connectivity index (χ0v) is 21.0. The summed E-state index contributed by atoms with van der Waals surface area (Å²) in [6.45, 7) is 5.93. The third kappa shape index (κ3) is 5.81. The largest absolute Gasteiger partial charge is 0.425 e. The Kier molecular flexibility index (Phi) is 7.47. The molecule has 4 rings (SSSR count). The predicted octanol–water partition coefficient (Wildman–Crippen LogP) is 5.14. The summed E-state index contributed by atoms with van der Waals surface area (Å²) in [6.07, 6.45) is -6.91. The van der Waals surface area contributed by atoms with Crippen LogP contribution < -0.4 is 16.0 Å². The highest BCUT2D eigenvalue weighted by molar-refractivity contribution is 7.16. The molecule has 2 aromatic heterocycles. The summed E-state index contributed by atoms with van der Waals surface area (Å²) < 4.78 is 65.9. The standard InChI is InChI=1S/C22H27F4N3O4S2/c1-21(2,3)33-19(30)14-11-5-7-32-17(23)15(11)35-18(14)29-20(31)28-8-12-10-4-6-27-9-13(10)34-16(12)22(24,25)26/h17,19,27,30H,4-9H2,1-3H3,(H2,28,29,31). The average Bonchev–Trinajstić information content (AvgIpc) is 3.30. The van der Waals surface area contributed by atoms with Gasteiger partial charge in [-0.3, -0.25) is 5.32 Å². The van der Waals surface area contributed by atoms with Gasteiger partial charge in [0.15, 0.2) is 6.29 Å². The summed E-state index contributed by atoms with van der Waals surface area (Å²) in [7, 11) is 0. The molecule has 0 bridgehead atoms. The van der Waals surface area contributed by atoms with E-state index in [0.717, 1.165) is 11.3 Å². The number of urea groups is 1. The lowest BCUT2D eigenvalue weighted by molar-refractivity contribution is -0.169. The molecule has 0 saturated carbocycles. The number of anilines is 1. The van der Waals surface area contributed by atoms with Gasteiger partial charge in [-0.1, -0.05) is 0 Å². The number of aliphatic hydroxyl groups is 1. The van der Waals surface area contributed by atoms with Gasteiger partial charge in [-0.15, -0.1) is 22.7 Å². The molecular formula is C22H27F4N3O4S2. The minimum absolute atomic E-state index is 0.0631. The topological polar surface area (TPSA) is 91.9 Å². The summed E-state index contributed by atoms with van der Waals surface area (Å²) in [5, 5.41) is 19.0. The number of hydrogen-bond acceptors (Lipinski definition) is 7. The molecule has 2 amide bonds. The fraction of sp³-hybridized carbons (Fsp3) is 0.591. The minimum Gasteiger partial charge on any atom is -0.364 e. The van der Waals surface area contributed by atoms with Crippen LogP contribution >= 0.6 is 22.7 Å². The second-order valence-electron chi connectivity index (χ2n) is 9.25. The van der Waals surface area contributed by atoms with Crippen molar-refractivity contribution in [2.24, 2.45) is 0 Å². The average molecular weight is 538 g/mol. The van der Waals surface area contributed by atoms with E-state index in [1.165, 1.54) is 0 Å². The van der Waals surface area contributed by atoms with Crippen molar-refractivity contribution in [3.8, 4) is 0 Å². The smallest absolute Gasteiger partial charge is 0.364 e. The number of carbonyl (C=O) groups excluding carboxylic acids is 1. The lowest BCUT2D eigenvalue weighted by Crippen LogP contribution is -2.30. The molecule has 13 heteroatoms. The molecule has 0 fully saturated rings. The van der Waals surface area contributed by atoms with Crippen LogP contribution in [0.25, 0.3) is 0 Å². The molecule has 2 atom stereocenters. The van der Waals surface area contributed by atoms with E-state index in [-0.39, 0.29) is 34.2 Å². The quantitative estimate of drug-likeness (QED) is 0.313. The third-order valence-electron chi connectivity index (χ3n) is 5.56. The van der Waals surface area contributed by atoms with Crippen LogP contribution in [-0.2, 0) is 41.6 Å². The molecule has 4 heterocycles. The van der Waals surface area contributed by atoms with Gasteiger partial charge in [-0.05, 0) is 56.8 Å². The van der Waals surface area contributed by atoms with Crippen LogP contribution in [0.4, 0.5) is 27.4 Å². The van der Waals surface area contributed by atoms with Gasteiger partial charge in [-0.2, -0.15) is 13.2 Å². The van der Waals surface area contributed by atoms with E-state index < -0.39 is 35.3 Å². The molecule has 2 aliphatic heterocycles. The zero-order valence-electron chi connectivity index (χ0n) is 19.4. The van der Waals surface area contributed by atoms with Crippen LogP contribution in [0.2, 0.25) is 0 Å². The molecular weight excluding hydrogens is 510 g/mol. The summed E-state index contributed by atoms with van der Waals surface area (Å²) >= 11 is 1.60. The van der Waals surface area contributed by atoms with E-state index in [1.807, 2.05) is 0 Å². The van der Waals surface area contributed by atoms with E-state index in [2.05, 4.69) is 16.0 Å². The van der Waals surface area contributed by atoms with Crippen LogP contribution in [0.5, 0.6) is 0 Å². The van der Waals surface area contributed by atoms with Gasteiger partial charge in [0, 0.05) is 23.5 Å². The van der Waals surface area contributed by atoms with E-state index in [0.29, 0.717) is 53.3 Å². The molecule has 2 aromatic rings. The lowest BCUT2D eigenvalue weighted by atomic mass is 10.0. The Morgan fingerprint density at radius 2 is 2.00 bits per heavy atom. The van der Waals surface area contributed by atoms with Crippen molar-refractivity contribution in [2.45, 2.75) is 71.1 Å². The SMILES string of the molecule is CC(C)(C)OC(O)c1c(NC(=O)NCc2c(C(F)(F)F)sc3c2CCNC3)sc2c1CCOC2F. The van der Waals surface area contributed by atoms with Gasteiger partial charge in [0.05, 0.1) is 17.1 Å². The predicted molar refractivity (Wildman–Crippen MR) is 124 cm³/mol. The van der Waals surface area contributed by atoms with Gasteiger partial charge in [-0.25, -0.2) is 9.18 Å². The maximum atomic E-state index is 14.4. The van der Waals surface area contributed by atoms with E-state index >= 15 is 0 Å². The molecule has 0 radical (unpaired) electrons. The number of amides is 2. The summed E-state index contributed by atoms with van der Waals surface area (Å²) in [6, 6.07) is -0.772. The second kappa shape index (κ2) is 9.94. The molecule has 2 unspecified atom stereocenters. The van der Waals surface area contributed by atoms with Gasteiger partial charge in [0.2, 0.25) is 6.36 Å². The summed E-state index contributed by atoms with van der Waals surface area (Å²) in [4.78, 5) is 12.9. The number of alkyl halides is 4.